The molecular formula is C13H14N4OS. The summed E-state index contributed by atoms with van der Waals surface area (Å²) in [6, 6.07) is 5.87. The van der Waals surface area contributed by atoms with Crippen molar-refractivity contribution in [2.75, 3.05) is 13.4 Å². The maximum absolute atomic E-state index is 5.37. The predicted octanol–water partition coefficient (Wildman–Crippen LogP) is 2.69. The van der Waals surface area contributed by atoms with Crippen LogP contribution in [0.25, 0.3) is 22.6 Å². The summed E-state index contributed by atoms with van der Waals surface area (Å²) in [4.78, 5) is 8.98. The summed E-state index contributed by atoms with van der Waals surface area (Å²) in [5, 5.41) is 4.36. The van der Waals surface area contributed by atoms with Crippen molar-refractivity contribution in [2.45, 2.75) is 4.90 Å². The number of aromatic amines is 1. The molecule has 0 aliphatic carbocycles. The number of rotatable bonds is 3. The zero-order chi connectivity index (χ0) is 13.4. The van der Waals surface area contributed by atoms with Gasteiger partial charge < -0.3 is 9.72 Å². The van der Waals surface area contributed by atoms with Crippen molar-refractivity contribution in [3.63, 3.8) is 0 Å². The van der Waals surface area contributed by atoms with Crippen LogP contribution in [0.2, 0.25) is 0 Å². The largest absolute Gasteiger partial charge is 0.496 e. The lowest BCUT2D eigenvalue weighted by atomic mass is 10.3. The van der Waals surface area contributed by atoms with Crippen LogP contribution in [-0.2, 0) is 7.05 Å². The summed E-state index contributed by atoms with van der Waals surface area (Å²) >= 11 is 1.63. The fourth-order valence-electron chi connectivity index (χ4n) is 2.05. The molecule has 0 aliphatic heterocycles. The first-order chi connectivity index (χ1) is 9.22. The SMILES string of the molecule is COc1ccc2[nH]c(-c3ccn(C)n3)nc2c1SC. The number of thioether (sulfide) groups is 1. The molecule has 0 spiro atoms. The molecule has 0 amide bonds. The number of imidazole rings is 1. The Bertz CT molecular complexity index is 731. The van der Waals surface area contributed by atoms with Gasteiger partial charge in [0.1, 0.15) is 17.0 Å². The number of nitrogens with one attached hydrogen (secondary N) is 1. The first-order valence-corrected chi connectivity index (χ1v) is 7.06. The van der Waals surface area contributed by atoms with E-state index in [1.54, 1.807) is 23.6 Å². The monoisotopic (exact) mass is 274 g/mol. The summed E-state index contributed by atoms with van der Waals surface area (Å²) < 4.78 is 7.13. The van der Waals surface area contributed by atoms with Crippen LogP contribution in [0.5, 0.6) is 5.75 Å². The predicted molar refractivity (Wildman–Crippen MR) is 76.6 cm³/mol. The quantitative estimate of drug-likeness (QED) is 0.746. The molecule has 0 saturated heterocycles. The van der Waals surface area contributed by atoms with Gasteiger partial charge in [-0.3, -0.25) is 4.68 Å². The molecule has 3 rings (SSSR count). The molecule has 0 bridgehead atoms. The summed E-state index contributed by atoms with van der Waals surface area (Å²) in [5.41, 5.74) is 2.75. The summed E-state index contributed by atoms with van der Waals surface area (Å²) in [6.07, 6.45) is 3.92. The van der Waals surface area contributed by atoms with Crippen molar-refractivity contribution in [3.05, 3.63) is 24.4 Å². The molecule has 19 heavy (non-hydrogen) atoms. The molecule has 0 unspecified atom stereocenters. The molecule has 6 heteroatoms. The van der Waals surface area contributed by atoms with Crippen LogP contribution in [-0.4, -0.2) is 33.1 Å². The number of hydrogen-bond donors (Lipinski definition) is 1. The minimum absolute atomic E-state index is 0.777. The standard InChI is InChI=1S/C13H14N4OS/c1-17-7-6-9(16-17)13-14-8-4-5-10(18-2)12(19-3)11(8)15-13/h4-7H,1-3H3,(H,14,15). The van der Waals surface area contributed by atoms with Gasteiger partial charge >= 0.3 is 0 Å². The fourth-order valence-corrected chi connectivity index (χ4v) is 2.75. The molecule has 0 fully saturated rings. The average molecular weight is 274 g/mol. The number of H-pyrrole nitrogens is 1. The molecule has 0 atom stereocenters. The van der Waals surface area contributed by atoms with Crippen molar-refractivity contribution < 1.29 is 4.74 Å². The second-order valence-corrected chi connectivity index (χ2v) is 4.97. The minimum atomic E-state index is 0.777. The number of aryl methyl sites for hydroxylation is 1. The van der Waals surface area contributed by atoms with Crippen LogP contribution in [0, 0.1) is 0 Å². The van der Waals surface area contributed by atoms with Crippen molar-refractivity contribution in [1.29, 1.82) is 0 Å². The third-order valence-corrected chi connectivity index (χ3v) is 3.76. The Kier molecular flexibility index (Phi) is 2.94. The van der Waals surface area contributed by atoms with E-state index in [1.807, 2.05) is 37.7 Å². The van der Waals surface area contributed by atoms with E-state index in [-0.39, 0.29) is 0 Å². The van der Waals surface area contributed by atoms with E-state index < -0.39 is 0 Å². The van der Waals surface area contributed by atoms with Gasteiger partial charge in [-0.15, -0.1) is 11.8 Å². The maximum Gasteiger partial charge on any atom is 0.159 e. The van der Waals surface area contributed by atoms with E-state index in [4.69, 9.17) is 4.74 Å². The van der Waals surface area contributed by atoms with Gasteiger partial charge in [-0.05, 0) is 24.5 Å². The lowest BCUT2D eigenvalue weighted by Gasteiger charge is -2.05. The highest BCUT2D eigenvalue weighted by atomic mass is 32.2. The van der Waals surface area contributed by atoms with Crippen molar-refractivity contribution in [2.24, 2.45) is 7.05 Å². The molecule has 2 heterocycles. The number of hydrogen-bond acceptors (Lipinski definition) is 4. The second kappa shape index (κ2) is 4.62. The Morgan fingerprint density at radius 2 is 2.16 bits per heavy atom. The number of aromatic nitrogens is 4. The Hall–Kier alpha value is -1.95. The van der Waals surface area contributed by atoms with E-state index >= 15 is 0 Å². The first-order valence-electron chi connectivity index (χ1n) is 5.83. The average Bonchev–Trinajstić information content (AvgIpc) is 3.02. The van der Waals surface area contributed by atoms with Gasteiger partial charge in [-0.1, -0.05) is 0 Å². The first kappa shape index (κ1) is 12.1. The number of fused-ring (bicyclic) bond motifs is 1. The van der Waals surface area contributed by atoms with Gasteiger partial charge in [0.05, 0.1) is 17.5 Å². The summed E-state index contributed by atoms with van der Waals surface area (Å²) in [6.45, 7) is 0. The van der Waals surface area contributed by atoms with E-state index in [0.29, 0.717) is 0 Å². The topological polar surface area (TPSA) is 55.7 Å². The Morgan fingerprint density at radius 1 is 1.32 bits per heavy atom. The lowest BCUT2D eigenvalue weighted by Crippen LogP contribution is -1.88. The highest BCUT2D eigenvalue weighted by Crippen LogP contribution is 2.34. The van der Waals surface area contributed by atoms with Gasteiger partial charge in [0.15, 0.2) is 5.82 Å². The highest BCUT2D eigenvalue weighted by molar-refractivity contribution is 7.99. The third kappa shape index (κ3) is 1.98. The van der Waals surface area contributed by atoms with E-state index in [2.05, 4.69) is 15.1 Å². The third-order valence-electron chi connectivity index (χ3n) is 2.95. The fraction of sp³-hybridized carbons (Fsp3) is 0.231. The van der Waals surface area contributed by atoms with Crippen LogP contribution in [0.3, 0.4) is 0 Å². The van der Waals surface area contributed by atoms with E-state index in [9.17, 15) is 0 Å². The van der Waals surface area contributed by atoms with Crippen molar-refractivity contribution in [1.82, 2.24) is 19.7 Å². The van der Waals surface area contributed by atoms with Crippen LogP contribution >= 0.6 is 11.8 Å². The van der Waals surface area contributed by atoms with Crippen LogP contribution in [0.4, 0.5) is 0 Å². The molecule has 0 saturated carbocycles. The van der Waals surface area contributed by atoms with Gasteiger partial charge in [-0.25, -0.2) is 4.98 Å². The normalized spacial score (nSPS) is 11.1. The number of methoxy groups -OCH3 is 1. The van der Waals surface area contributed by atoms with Crippen molar-refractivity contribution >= 4 is 22.8 Å². The zero-order valence-corrected chi connectivity index (χ0v) is 11.8. The van der Waals surface area contributed by atoms with Gasteiger partial charge in [0.25, 0.3) is 0 Å². The number of benzene rings is 1. The molecule has 5 nitrogen and oxygen atoms in total. The zero-order valence-electron chi connectivity index (χ0n) is 11.0. The molecule has 98 valence electrons. The van der Waals surface area contributed by atoms with Gasteiger partial charge in [0, 0.05) is 13.2 Å². The summed E-state index contributed by atoms with van der Waals surface area (Å²) in [5.74, 6) is 1.62. The molecule has 0 radical (unpaired) electrons. The van der Waals surface area contributed by atoms with E-state index in [1.165, 1.54) is 0 Å². The minimum Gasteiger partial charge on any atom is -0.496 e. The van der Waals surface area contributed by atoms with Crippen molar-refractivity contribution in [3.8, 4) is 17.3 Å². The number of nitrogens with zero attached hydrogens (tertiary/aromatic N) is 3. The molecule has 2 aromatic heterocycles. The molecule has 0 aliphatic rings. The van der Waals surface area contributed by atoms with Crippen LogP contribution in [0.1, 0.15) is 0 Å². The van der Waals surface area contributed by atoms with Gasteiger partial charge in [-0.2, -0.15) is 5.10 Å². The molecule has 1 aromatic carbocycles. The van der Waals surface area contributed by atoms with Crippen LogP contribution in [0.15, 0.2) is 29.3 Å². The molecular weight excluding hydrogens is 260 g/mol. The smallest absolute Gasteiger partial charge is 0.159 e. The highest BCUT2D eigenvalue weighted by Gasteiger charge is 2.13. The number of ether oxygens (including phenoxy) is 1. The van der Waals surface area contributed by atoms with Gasteiger partial charge in [0.2, 0.25) is 0 Å². The Labute approximate surface area is 115 Å². The van der Waals surface area contributed by atoms with Crippen LogP contribution < -0.4 is 4.74 Å². The Morgan fingerprint density at radius 3 is 2.79 bits per heavy atom. The molecule has 3 aromatic rings. The Balaban J connectivity index is 2.20. The van der Waals surface area contributed by atoms with E-state index in [0.717, 1.165) is 33.2 Å². The maximum atomic E-state index is 5.37. The summed E-state index contributed by atoms with van der Waals surface area (Å²) in [7, 11) is 3.57. The molecule has 1 N–H and O–H groups in total. The lowest BCUT2D eigenvalue weighted by molar-refractivity contribution is 0.406. The second-order valence-electron chi connectivity index (χ2n) is 4.16.